The summed E-state index contributed by atoms with van der Waals surface area (Å²) < 4.78 is 0. The summed E-state index contributed by atoms with van der Waals surface area (Å²) in [5.74, 6) is 0.576. The van der Waals surface area contributed by atoms with E-state index in [-0.39, 0.29) is 0 Å². The molecule has 1 saturated carbocycles. The van der Waals surface area contributed by atoms with Gasteiger partial charge in [0.25, 0.3) is 0 Å². The molecular formula is C49H43N. The van der Waals surface area contributed by atoms with Gasteiger partial charge in [-0.05, 0) is 107 Å². The average Bonchev–Trinajstić information content (AvgIpc) is 3.76. The molecule has 8 rings (SSSR count). The predicted octanol–water partition coefficient (Wildman–Crippen LogP) is 12.8. The van der Waals surface area contributed by atoms with E-state index in [1.807, 2.05) is 0 Å². The smallest absolute Gasteiger partial charge is 0.0450 e. The number of anilines is 2. The van der Waals surface area contributed by atoms with Crippen molar-refractivity contribution in [3.05, 3.63) is 214 Å². The van der Waals surface area contributed by atoms with Gasteiger partial charge in [-0.1, -0.05) is 163 Å². The first kappa shape index (κ1) is 31.6. The van der Waals surface area contributed by atoms with Crippen molar-refractivity contribution < 1.29 is 0 Å². The fraction of sp³-hybridized carbons (Fsp3) is 0.143. The Kier molecular flexibility index (Phi) is 8.88. The number of aryl methyl sites for hydroxylation is 2. The van der Waals surface area contributed by atoms with Crippen molar-refractivity contribution in [1.82, 2.24) is 0 Å². The van der Waals surface area contributed by atoms with Crippen molar-refractivity contribution in [1.29, 1.82) is 0 Å². The van der Waals surface area contributed by atoms with Gasteiger partial charge in [0.15, 0.2) is 0 Å². The first-order chi connectivity index (χ1) is 24.6. The summed E-state index contributed by atoms with van der Waals surface area (Å²) in [6, 6.07) is 55.9. The molecule has 0 aromatic heterocycles. The van der Waals surface area contributed by atoms with E-state index in [1.165, 1.54) is 91.9 Å². The molecule has 1 aliphatic heterocycles. The van der Waals surface area contributed by atoms with Crippen LogP contribution in [0.4, 0.5) is 11.4 Å². The molecule has 1 aliphatic carbocycles. The molecule has 0 amide bonds. The summed E-state index contributed by atoms with van der Waals surface area (Å²) in [5, 5.41) is 0. The Hall–Kier alpha value is -5.66. The topological polar surface area (TPSA) is 3.24 Å². The van der Waals surface area contributed by atoms with Gasteiger partial charge in [0.2, 0.25) is 0 Å². The number of hydrogen-bond acceptors (Lipinski definition) is 1. The summed E-state index contributed by atoms with van der Waals surface area (Å²) in [5.41, 5.74) is 16.6. The van der Waals surface area contributed by atoms with Crippen LogP contribution in [0.5, 0.6) is 0 Å². The number of nitrogens with zero attached hydrogens (tertiary/aromatic N) is 1. The maximum atomic E-state index is 2.62. The largest absolute Gasteiger partial charge is 0.338 e. The Morgan fingerprint density at radius 1 is 0.560 bits per heavy atom. The van der Waals surface area contributed by atoms with Gasteiger partial charge >= 0.3 is 0 Å². The zero-order valence-electron chi connectivity index (χ0n) is 29.0. The van der Waals surface area contributed by atoms with E-state index in [0.29, 0.717) is 12.0 Å². The van der Waals surface area contributed by atoms with Crippen molar-refractivity contribution in [2.24, 2.45) is 0 Å². The third kappa shape index (κ3) is 6.52. The van der Waals surface area contributed by atoms with Gasteiger partial charge in [-0.3, -0.25) is 0 Å². The number of benzene rings is 6. The average molecular weight is 646 g/mol. The van der Waals surface area contributed by atoms with E-state index in [2.05, 4.69) is 195 Å². The molecule has 0 N–H and O–H groups in total. The Morgan fingerprint density at radius 2 is 1.12 bits per heavy atom. The van der Waals surface area contributed by atoms with E-state index in [0.717, 1.165) is 0 Å². The Balaban J connectivity index is 1.08. The van der Waals surface area contributed by atoms with Crippen LogP contribution >= 0.6 is 0 Å². The highest BCUT2D eigenvalue weighted by atomic mass is 15.2. The van der Waals surface area contributed by atoms with Crippen LogP contribution in [0, 0.1) is 13.8 Å². The highest BCUT2D eigenvalue weighted by Crippen LogP contribution is 2.52. The molecule has 6 aromatic carbocycles. The van der Waals surface area contributed by atoms with Gasteiger partial charge in [0, 0.05) is 23.3 Å². The van der Waals surface area contributed by atoms with E-state index < -0.39 is 0 Å². The van der Waals surface area contributed by atoms with Crippen LogP contribution in [0.3, 0.4) is 0 Å². The van der Waals surface area contributed by atoms with Crippen LogP contribution < -0.4 is 4.90 Å². The van der Waals surface area contributed by atoms with Crippen LogP contribution in [-0.4, -0.2) is 6.04 Å². The molecule has 0 saturated heterocycles. The lowest BCUT2D eigenvalue weighted by Gasteiger charge is -2.27. The van der Waals surface area contributed by atoms with Crippen LogP contribution in [0.1, 0.15) is 75.3 Å². The normalized spacial score (nSPS) is 17.3. The second-order valence-corrected chi connectivity index (χ2v) is 13.8. The highest BCUT2D eigenvalue weighted by Gasteiger charge is 2.42. The van der Waals surface area contributed by atoms with Crippen molar-refractivity contribution in [3.63, 3.8) is 0 Å². The molecule has 1 nitrogen and oxygen atoms in total. The summed E-state index contributed by atoms with van der Waals surface area (Å²) in [4.78, 5) is 2.62. The minimum atomic E-state index is 0.518. The van der Waals surface area contributed by atoms with Crippen molar-refractivity contribution in [3.8, 4) is 0 Å². The zero-order valence-corrected chi connectivity index (χ0v) is 29.0. The Labute approximate surface area is 297 Å². The number of fused-ring (bicyclic) bond motifs is 3. The van der Waals surface area contributed by atoms with Crippen LogP contribution in [0.15, 0.2) is 164 Å². The van der Waals surface area contributed by atoms with E-state index in [9.17, 15) is 0 Å². The van der Waals surface area contributed by atoms with Gasteiger partial charge in [0.05, 0.1) is 0 Å². The molecule has 1 heteroatoms. The molecule has 2 unspecified atom stereocenters. The lowest BCUT2D eigenvalue weighted by Crippen LogP contribution is -2.26. The Bertz CT molecular complexity index is 2170. The quantitative estimate of drug-likeness (QED) is 0.118. The maximum absolute atomic E-state index is 2.62. The fourth-order valence-electron chi connectivity index (χ4n) is 7.86. The summed E-state index contributed by atoms with van der Waals surface area (Å²) in [6.07, 6.45) is 12.8. The fourth-order valence-corrected chi connectivity index (χ4v) is 7.86. The Morgan fingerprint density at radius 3 is 1.76 bits per heavy atom. The van der Waals surface area contributed by atoms with E-state index in [4.69, 9.17) is 0 Å². The minimum Gasteiger partial charge on any atom is -0.338 e. The van der Waals surface area contributed by atoms with E-state index in [1.54, 1.807) is 0 Å². The van der Waals surface area contributed by atoms with Crippen molar-refractivity contribution in [2.45, 2.75) is 45.1 Å². The third-order valence-electron chi connectivity index (χ3n) is 10.5. The van der Waals surface area contributed by atoms with Gasteiger partial charge in [-0.15, -0.1) is 0 Å². The first-order valence-corrected chi connectivity index (χ1v) is 18.0. The lowest BCUT2D eigenvalue weighted by molar-refractivity contribution is 0.642. The van der Waals surface area contributed by atoms with Crippen LogP contribution in [0.25, 0.3) is 23.3 Å². The first-order valence-electron chi connectivity index (χ1n) is 18.0. The molecule has 244 valence electrons. The number of hydrogen-bond donors (Lipinski definition) is 0. The molecule has 0 radical (unpaired) electrons. The molecule has 6 aromatic rings. The number of rotatable bonds is 8. The minimum absolute atomic E-state index is 0.518. The van der Waals surface area contributed by atoms with Crippen molar-refractivity contribution >= 4 is 34.7 Å². The monoisotopic (exact) mass is 645 g/mol. The van der Waals surface area contributed by atoms with Crippen LogP contribution in [0.2, 0.25) is 0 Å². The molecule has 0 spiro atoms. The van der Waals surface area contributed by atoms with Gasteiger partial charge in [0.1, 0.15) is 0 Å². The summed E-state index contributed by atoms with van der Waals surface area (Å²) in [7, 11) is 0. The second kappa shape index (κ2) is 14.1. The molecular weight excluding hydrogens is 603 g/mol. The highest BCUT2D eigenvalue weighted by molar-refractivity contribution is 5.92. The lowest BCUT2D eigenvalue weighted by atomic mass is 9.95. The van der Waals surface area contributed by atoms with Crippen molar-refractivity contribution in [2.75, 3.05) is 4.90 Å². The molecule has 2 atom stereocenters. The van der Waals surface area contributed by atoms with Gasteiger partial charge in [-0.2, -0.15) is 0 Å². The van der Waals surface area contributed by atoms with Gasteiger partial charge in [-0.25, -0.2) is 0 Å². The third-order valence-corrected chi connectivity index (χ3v) is 10.5. The molecule has 1 heterocycles. The molecule has 0 bridgehead atoms. The zero-order chi connectivity index (χ0) is 33.9. The summed E-state index contributed by atoms with van der Waals surface area (Å²) >= 11 is 0. The van der Waals surface area contributed by atoms with Crippen LogP contribution in [-0.2, 0) is 0 Å². The molecule has 1 fully saturated rings. The predicted molar refractivity (Wildman–Crippen MR) is 214 cm³/mol. The second-order valence-electron chi connectivity index (χ2n) is 13.8. The van der Waals surface area contributed by atoms with E-state index >= 15 is 0 Å². The maximum Gasteiger partial charge on any atom is 0.0450 e. The number of allylic oxidation sites excluding steroid dienone is 2. The SMILES string of the molecule is Cc1ccc(C(=CC=Cc2ccc3c(c2)C2CCCC2N3c2ccc(C=C(c3ccccc3)c3ccc(C)cc3)cc2)c2ccccc2)cc1. The molecule has 50 heavy (non-hydrogen) atoms. The summed E-state index contributed by atoms with van der Waals surface area (Å²) in [6.45, 7) is 4.28. The van der Waals surface area contributed by atoms with Gasteiger partial charge < -0.3 is 4.90 Å². The molecule has 2 aliphatic rings. The standard InChI is InChI=1S/C49H43N/c1-35-19-26-41(27-20-35)44(39-12-5-3-6-13-39)16-9-11-37-25-32-49-47(34-37)45-17-10-18-48(45)50(49)43-30-23-38(24-31-43)33-46(40-14-7-4-8-15-40)42-28-21-36(2)22-29-42/h3-9,11-16,19-34,45,48H,10,17-18H2,1-2H3.